The largest absolute Gasteiger partial charge is 0.338 e. The molecule has 8 heteroatoms. The van der Waals surface area contributed by atoms with E-state index in [9.17, 15) is 18.8 Å². The number of benzene rings is 2. The van der Waals surface area contributed by atoms with Crippen LogP contribution in [0.1, 0.15) is 28.8 Å². The van der Waals surface area contributed by atoms with Crippen molar-refractivity contribution < 1.29 is 18.8 Å². The molecule has 2 fully saturated rings. The monoisotopic (exact) mass is 415 g/mol. The Kier molecular flexibility index (Phi) is 5.00. The summed E-state index contributed by atoms with van der Waals surface area (Å²) >= 11 is 5.88. The van der Waals surface area contributed by atoms with Gasteiger partial charge in [0.1, 0.15) is 11.4 Å². The SMILES string of the molecule is O=C(c1ccccc1F)N1CCC2(CC1)NC(=O)N(Cc1ccc(Cl)cc1)C2=O. The standard InChI is InChI=1S/C21H19ClFN3O3/c22-15-7-5-14(6-8-15)13-26-19(28)21(24-20(26)29)9-11-25(12-10-21)18(27)16-3-1-2-4-17(16)23/h1-8H,9-13H2,(H,24,29). The number of likely N-dealkylation sites (tertiary alicyclic amines) is 1. The van der Waals surface area contributed by atoms with Gasteiger partial charge in [0.2, 0.25) is 0 Å². The quantitative estimate of drug-likeness (QED) is 0.782. The first-order valence-corrected chi connectivity index (χ1v) is 9.70. The Morgan fingerprint density at radius 3 is 2.38 bits per heavy atom. The van der Waals surface area contributed by atoms with Crippen molar-refractivity contribution in [3.05, 3.63) is 70.5 Å². The van der Waals surface area contributed by atoms with Crippen molar-refractivity contribution in [3.8, 4) is 0 Å². The Balaban J connectivity index is 1.44. The highest BCUT2D eigenvalue weighted by molar-refractivity contribution is 6.30. The second kappa shape index (κ2) is 7.48. The van der Waals surface area contributed by atoms with Gasteiger partial charge in [-0.25, -0.2) is 9.18 Å². The third-order valence-corrected chi connectivity index (χ3v) is 5.76. The number of nitrogens with zero attached hydrogens (tertiary/aromatic N) is 2. The van der Waals surface area contributed by atoms with Crippen LogP contribution in [-0.4, -0.2) is 46.3 Å². The van der Waals surface area contributed by atoms with Crippen molar-refractivity contribution in [2.75, 3.05) is 13.1 Å². The molecule has 2 aliphatic heterocycles. The van der Waals surface area contributed by atoms with Gasteiger partial charge in [-0.1, -0.05) is 35.9 Å². The zero-order valence-electron chi connectivity index (χ0n) is 15.5. The van der Waals surface area contributed by atoms with Gasteiger partial charge in [0.25, 0.3) is 11.8 Å². The summed E-state index contributed by atoms with van der Waals surface area (Å²) in [6.07, 6.45) is 0.573. The number of imide groups is 1. The molecule has 0 radical (unpaired) electrons. The maximum atomic E-state index is 13.9. The molecular formula is C21H19ClFN3O3. The summed E-state index contributed by atoms with van der Waals surface area (Å²) in [5, 5.41) is 3.39. The molecule has 0 bridgehead atoms. The van der Waals surface area contributed by atoms with Crippen molar-refractivity contribution in [2.24, 2.45) is 0 Å². The summed E-state index contributed by atoms with van der Waals surface area (Å²) in [6, 6.07) is 12.3. The molecule has 0 unspecified atom stereocenters. The zero-order valence-corrected chi connectivity index (χ0v) is 16.3. The first-order valence-electron chi connectivity index (χ1n) is 9.32. The Morgan fingerprint density at radius 1 is 1.07 bits per heavy atom. The third-order valence-electron chi connectivity index (χ3n) is 5.51. The van der Waals surface area contributed by atoms with E-state index in [1.807, 2.05) is 0 Å². The van der Waals surface area contributed by atoms with Gasteiger partial charge in [-0.05, 0) is 42.7 Å². The smallest absolute Gasteiger partial charge is 0.325 e. The molecule has 2 heterocycles. The molecule has 2 aromatic rings. The normalized spacial score (nSPS) is 18.3. The zero-order chi connectivity index (χ0) is 20.6. The van der Waals surface area contributed by atoms with E-state index in [2.05, 4.69) is 5.32 Å². The predicted molar refractivity (Wildman–Crippen MR) is 105 cm³/mol. The molecule has 29 heavy (non-hydrogen) atoms. The molecule has 150 valence electrons. The van der Waals surface area contributed by atoms with Crippen LogP contribution in [0.3, 0.4) is 0 Å². The second-order valence-electron chi connectivity index (χ2n) is 7.30. The van der Waals surface area contributed by atoms with Crippen LogP contribution in [0.25, 0.3) is 0 Å². The molecule has 0 aliphatic carbocycles. The number of halogens is 2. The van der Waals surface area contributed by atoms with Gasteiger partial charge >= 0.3 is 6.03 Å². The number of hydrogen-bond acceptors (Lipinski definition) is 3. The lowest BCUT2D eigenvalue weighted by atomic mass is 9.87. The van der Waals surface area contributed by atoms with Gasteiger partial charge in [0.05, 0.1) is 12.1 Å². The van der Waals surface area contributed by atoms with E-state index in [0.717, 1.165) is 5.56 Å². The van der Waals surface area contributed by atoms with Crippen LogP contribution in [0.2, 0.25) is 5.02 Å². The number of urea groups is 1. The van der Waals surface area contributed by atoms with Crippen LogP contribution in [0.4, 0.5) is 9.18 Å². The van der Waals surface area contributed by atoms with Gasteiger partial charge in [0.15, 0.2) is 0 Å². The summed E-state index contributed by atoms with van der Waals surface area (Å²) < 4.78 is 13.9. The Labute approximate surface area is 172 Å². The molecule has 6 nitrogen and oxygen atoms in total. The predicted octanol–water partition coefficient (Wildman–Crippen LogP) is 3.21. The van der Waals surface area contributed by atoms with E-state index in [1.54, 1.807) is 30.3 Å². The van der Waals surface area contributed by atoms with E-state index in [1.165, 1.54) is 28.0 Å². The van der Waals surface area contributed by atoms with E-state index >= 15 is 0 Å². The molecule has 1 spiro atoms. The van der Waals surface area contributed by atoms with Gasteiger partial charge in [-0.2, -0.15) is 0 Å². The number of amides is 4. The first kappa shape index (κ1) is 19.4. The second-order valence-corrected chi connectivity index (χ2v) is 7.74. The van der Waals surface area contributed by atoms with Crippen LogP contribution in [-0.2, 0) is 11.3 Å². The number of rotatable bonds is 3. The molecule has 4 amide bonds. The fourth-order valence-electron chi connectivity index (χ4n) is 3.83. The number of nitrogens with one attached hydrogen (secondary N) is 1. The lowest BCUT2D eigenvalue weighted by molar-refractivity contribution is -0.133. The number of piperidine rings is 1. The van der Waals surface area contributed by atoms with Crippen LogP contribution in [0.5, 0.6) is 0 Å². The molecule has 4 rings (SSSR count). The third kappa shape index (κ3) is 3.58. The fraction of sp³-hybridized carbons (Fsp3) is 0.286. The summed E-state index contributed by atoms with van der Waals surface area (Å²) in [6.45, 7) is 0.670. The van der Waals surface area contributed by atoms with Crippen molar-refractivity contribution in [3.63, 3.8) is 0 Å². The summed E-state index contributed by atoms with van der Waals surface area (Å²) in [5.41, 5.74) is -0.216. The van der Waals surface area contributed by atoms with E-state index < -0.39 is 23.3 Å². The van der Waals surface area contributed by atoms with Gasteiger partial charge in [0, 0.05) is 18.1 Å². The lowest BCUT2D eigenvalue weighted by Gasteiger charge is -2.37. The minimum Gasteiger partial charge on any atom is -0.338 e. The highest BCUT2D eigenvalue weighted by Gasteiger charge is 2.52. The number of carbonyl (C=O) groups is 3. The van der Waals surface area contributed by atoms with Crippen molar-refractivity contribution >= 4 is 29.4 Å². The molecule has 1 N–H and O–H groups in total. The van der Waals surface area contributed by atoms with Crippen LogP contribution < -0.4 is 5.32 Å². The Bertz CT molecular complexity index is 971. The van der Waals surface area contributed by atoms with E-state index in [4.69, 9.17) is 11.6 Å². The molecule has 2 saturated heterocycles. The molecular weight excluding hydrogens is 397 g/mol. The van der Waals surface area contributed by atoms with E-state index in [0.29, 0.717) is 5.02 Å². The Morgan fingerprint density at radius 2 is 1.72 bits per heavy atom. The highest BCUT2D eigenvalue weighted by Crippen LogP contribution is 2.31. The van der Waals surface area contributed by atoms with Gasteiger partial charge in [-0.15, -0.1) is 0 Å². The fourth-order valence-corrected chi connectivity index (χ4v) is 3.95. The maximum Gasteiger partial charge on any atom is 0.325 e. The van der Waals surface area contributed by atoms with Crippen molar-refractivity contribution in [2.45, 2.75) is 24.9 Å². The minimum atomic E-state index is -1.02. The molecule has 0 saturated carbocycles. The molecule has 2 aromatic carbocycles. The van der Waals surface area contributed by atoms with Crippen LogP contribution in [0.15, 0.2) is 48.5 Å². The topological polar surface area (TPSA) is 69.7 Å². The number of carbonyl (C=O) groups excluding carboxylic acids is 3. The lowest BCUT2D eigenvalue weighted by Crippen LogP contribution is -2.55. The summed E-state index contributed by atoms with van der Waals surface area (Å²) in [4.78, 5) is 40.8. The average molecular weight is 416 g/mol. The molecule has 2 aliphatic rings. The maximum absolute atomic E-state index is 13.9. The summed E-state index contributed by atoms with van der Waals surface area (Å²) in [7, 11) is 0. The summed E-state index contributed by atoms with van der Waals surface area (Å²) in [5.74, 6) is -1.28. The minimum absolute atomic E-state index is 0.00889. The first-order chi connectivity index (χ1) is 13.9. The average Bonchev–Trinajstić information content (AvgIpc) is 2.94. The Hall–Kier alpha value is -2.93. The molecule has 0 atom stereocenters. The number of hydrogen-bond donors (Lipinski definition) is 1. The van der Waals surface area contributed by atoms with E-state index in [-0.39, 0.29) is 43.9 Å². The van der Waals surface area contributed by atoms with Gasteiger partial charge in [-0.3, -0.25) is 14.5 Å². The van der Waals surface area contributed by atoms with Crippen LogP contribution >= 0.6 is 11.6 Å². The molecule has 0 aromatic heterocycles. The van der Waals surface area contributed by atoms with Crippen LogP contribution in [0, 0.1) is 5.82 Å². The van der Waals surface area contributed by atoms with Crippen molar-refractivity contribution in [1.29, 1.82) is 0 Å². The van der Waals surface area contributed by atoms with Crippen molar-refractivity contribution in [1.82, 2.24) is 15.1 Å². The highest BCUT2D eigenvalue weighted by atomic mass is 35.5. The van der Waals surface area contributed by atoms with Gasteiger partial charge < -0.3 is 10.2 Å².